The molecule has 0 aliphatic heterocycles. The average Bonchev–Trinajstić information content (AvgIpc) is 2.96. The largest absolute Gasteiger partial charge is 0.464 e. The molecule has 0 atom stereocenters. The number of carbonyl (C=O) groups excluding carboxylic acids is 2. The molecular formula is C14H13F2N3O4. The predicted molar refractivity (Wildman–Crippen MR) is 75.8 cm³/mol. The van der Waals surface area contributed by atoms with Gasteiger partial charge in [0.15, 0.2) is 0 Å². The van der Waals surface area contributed by atoms with Crippen LogP contribution in [0.4, 0.5) is 14.7 Å². The van der Waals surface area contributed by atoms with E-state index in [0.717, 1.165) is 12.7 Å². The van der Waals surface area contributed by atoms with Gasteiger partial charge in [-0.3, -0.25) is 15.6 Å². The Balaban J connectivity index is 2.30. The highest BCUT2D eigenvalue weighted by Gasteiger charge is 2.23. The number of ether oxygens (including phenoxy) is 1. The number of nitrogens with one attached hydrogen (secondary N) is 2. The van der Waals surface area contributed by atoms with Crippen molar-refractivity contribution in [1.29, 1.82) is 0 Å². The molecule has 0 saturated carbocycles. The highest BCUT2D eigenvalue weighted by Crippen LogP contribution is 2.26. The molecule has 0 radical (unpaired) electrons. The first-order chi connectivity index (χ1) is 10.9. The summed E-state index contributed by atoms with van der Waals surface area (Å²) in [6, 6.07) is 7.04. The molecule has 122 valence electrons. The fourth-order valence-electron chi connectivity index (χ4n) is 1.63. The second kappa shape index (κ2) is 6.86. The van der Waals surface area contributed by atoms with Crippen LogP contribution in [0.2, 0.25) is 0 Å². The number of hydrogen-bond acceptors (Lipinski definition) is 6. The Hall–Kier alpha value is -2.97. The molecule has 2 rings (SSSR count). The number of amides is 1. The van der Waals surface area contributed by atoms with Crippen LogP contribution in [0, 0.1) is 6.92 Å². The van der Waals surface area contributed by atoms with Crippen LogP contribution in [0.25, 0.3) is 11.5 Å². The van der Waals surface area contributed by atoms with Crippen molar-refractivity contribution in [2.75, 3.05) is 12.5 Å². The summed E-state index contributed by atoms with van der Waals surface area (Å²) in [6.07, 6.45) is -3.22. The van der Waals surface area contributed by atoms with Crippen molar-refractivity contribution in [3.63, 3.8) is 0 Å². The van der Waals surface area contributed by atoms with Gasteiger partial charge in [-0.05, 0) is 19.1 Å². The van der Waals surface area contributed by atoms with Crippen LogP contribution in [0.15, 0.2) is 28.7 Å². The fraction of sp³-hybridized carbons (Fsp3) is 0.214. The van der Waals surface area contributed by atoms with Crippen LogP contribution in [0.1, 0.15) is 16.1 Å². The molecule has 1 amide bonds. The van der Waals surface area contributed by atoms with Gasteiger partial charge < -0.3 is 9.15 Å². The van der Waals surface area contributed by atoms with E-state index in [0.29, 0.717) is 5.56 Å². The van der Waals surface area contributed by atoms with Crippen molar-refractivity contribution in [2.45, 2.75) is 13.3 Å². The van der Waals surface area contributed by atoms with E-state index >= 15 is 0 Å². The Morgan fingerprint density at radius 2 is 1.91 bits per heavy atom. The zero-order valence-corrected chi connectivity index (χ0v) is 12.2. The minimum atomic E-state index is -3.22. The molecule has 0 aliphatic rings. The van der Waals surface area contributed by atoms with Crippen molar-refractivity contribution in [2.24, 2.45) is 0 Å². The van der Waals surface area contributed by atoms with Crippen molar-refractivity contribution in [3.8, 4) is 11.5 Å². The van der Waals surface area contributed by atoms with Gasteiger partial charge in [0.1, 0.15) is 0 Å². The number of alkyl halides is 2. The number of anilines is 1. The SMILES string of the molecule is COC(=O)c1nc(-c2ccc(C)cc2)oc1NNC(=O)C(F)F. The Morgan fingerprint density at radius 1 is 1.26 bits per heavy atom. The monoisotopic (exact) mass is 325 g/mol. The fourth-order valence-corrected chi connectivity index (χ4v) is 1.63. The number of hydrogen-bond donors (Lipinski definition) is 2. The quantitative estimate of drug-likeness (QED) is 0.646. The summed E-state index contributed by atoms with van der Waals surface area (Å²) in [5.41, 5.74) is 5.11. The molecule has 0 saturated heterocycles. The number of carbonyl (C=O) groups is 2. The first-order valence-electron chi connectivity index (χ1n) is 6.42. The number of benzene rings is 1. The van der Waals surface area contributed by atoms with Gasteiger partial charge in [0.2, 0.25) is 17.5 Å². The lowest BCUT2D eigenvalue weighted by molar-refractivity contribution is -0.131. The lowest BCUT2D eigenvalue weighted by atomic mass is 10.1. The maximum absolute atomic E-state index is 12.2. The molecule has 0 bridgehead atoms. The second-order valence-electron chi connectivity index (χ2n) is 4.47. The molecule has 2 N–H and O–H groups in total. The third-order valence-corrected chi connectivity index (χ3v) is 2.80. The van der Waals surface area contributed by atoms with E-state index in [1.807, 2.05) is 19.1 Å². The summed E-state index contributed by atoms with van der Waals surface area (Å²) in [5, 5.41) is 0. The number of rotatable bonds is 5. The summed E-state index contributed by atoms with van der Waals surface area (Å²) in [6.45, 7) is 1.89. The second-order valence-corrected chi connectivity index (χ2v) is 4.47. The van der Waals surface area contributed by atoms with Crippen molar-refractivity contribution in [3.05, 3.63) is 35.5 Å². The van der Waals surface area contributed by atoms with Crippen LogP contribution in [0.3, 0.4) is 0 Å². The van der Waals surface area contributed by atoms with Gasteiger partial charge in [0, 0.05) is 5.56 Å². The smallest absolute Gasteiger partial charge is 0.362 e. The molecular weight excluding hydrogens is 312 g/mol. The summed E-state index contributed by atoms with van der Waals surface area (Å²) in [5.74, 6) is -2.66. The number of esters is 1. The number of methoxy groups -OCH3 is 1. The number of nitrogens with zero attached hydrogens (tertiary/aromatic N) is 1. The lowest BCUT2D eigenvalue weighted by Crippen LogP contribution is -2.34. The molecule has 0 unspecified atom stereocenters. The van der Waals surface area contributed by atoms with Crippen LogP contribution in [0.5, 0.6) is 0 Å². The Bertz CT molecular complexity index is 713. The molecule has 1 aromatic heterocycles. The van der Waals surface area contributed by atoms with Crippen LogP contribution in [-0.4, -0.2) is 30.4 Å². The summed E-state index contributed by atoms with van der Waals surface area (Å²) >= 11 is 0. The van der Waals surface area contributed by atoms with E-state index in [4.69, 9.17) is 4.42 Å². The standard InChI is InChI=1S/C14H13F2N3O4/c1-7-3-5-8(6-4-7)12-17-9(14(21)22-2)13(23-12)19-18-11(20)10(15)16/h3-6,10,19H,1-2H3,(H,18,20). The molecule has 9 heteroatoms. The molecule has 1 heterocycles. The average molecular weight is 325 g/mol. The topological polar surface area (TPSA) is 93.5 Å². The van der Waals surface area contributed by atoms with Crippen molar-refractivity contribution in [1.82, 2.24) is 10.4 Å². The van der Waals surface area contributed by atoms with Gasteiger partial charge in [-0.2, -0.15) is 13.8 Å². The maximum Gasteiger partial charge on any atom is 0.362 e. The molecule has 1 aromatic carbocycles. The molecule has 7 nitrogen and oxygen atoms in total. The third-order valence-electron chi connectivity index (χ3n) is 2.80. The van der Waals surface area contributed by atoms with Gasteiger partial charge in [0.25, 0.3) is 0 Å². The normalized spacial score (nSPS) is 10.5. The van der Waals surface area contributed by atoms with Gasteiger partial charge in [-0.15, -0.1) is 0 Å². The van der Waals surface area contributed by atoms with Gasteiger partial charge >= 0.3 is 18.3 Å². The van der Waals surface area contributed by atoms with E-state index in [9.17, 15) is 18.4 Å². The first-order valence-corrected chi connectivity index (χ1v) is 6.42. The van der Waals surface area contributed by atoms with E-state index in [1.165, 1.54) is 0 Å². The van der Waals surface area contributed by atoms with Crippen LogP contribution < -0.4 is 10.9 Å². The van der Waals surface area contributed by atoms with Gasteiger partial charge in [0.05, 0.1) is 7.11 Å². The van der Waals surface area contributed by atoms with E-state index in [1.54, 1.807) is 17.6 Å². The minimum Gasteiger partial charge on any atom is -0.464 e. The lowest BCUT2D eigenvalue weighted by Gasteiger charge is -2.05. The summed E-state index contributed by atoms with van der Waals surface area (Å²) in [4.78, 5) is 26.5. The maximum atomic E-state index is 12.2. The number of oxazole rings is 1. The number of halogens is 2. The zero-order valence-electron chi connectivity index (χ0n) is 12.2. The summed E-state index contributed by atoms with van der Waals surface area (Å²) in [7, 11) is 1.13. The number of aromatic nitrogens is 1. The van der Waals surface area contributed by atoms with Crippen molar-refractivity contribution >= 4 is 17.8 Å². The van der Waals surface area contributed by atoms with E-state index in [2.05, 4.69) is 15.1 Å². The van der Waals surface area contributed by atoms with Crippen molar-refractivity contribution < 1.29 is 27.5 Å². The first kappa shape index (κ1) is 16.4. The van der Waals surface area contributed by atoms with Crippen LogP contribution in [-0.2, 0) is 9.53 Å². The Labute approximate surface area is 129 Å². The molecule has 23 heavy (non-hydrogen) atoms. The van der Waals surface area contributed by atoms with Crippen LogP contribution >= 0.6 is 0 Å². The molecule has 0 aliphatic carbocycles. The summed E-state index contributed by atoms with van der Waals surface area (Å²) < 4.78 is 34.2. The Morgan fingerprint density at radius 3 is 2.48 bits per heavy atom. The van der Waals surface area contributed by atoms with E-state index in [-0.39, 0.29) is 17.5 Å². The molecule has 0 spiro atoms. The zero-order chi connectivity index (χ0) is 17.0. The number of aryl methyl sites for hydroxylation is 1. The van der Waals surface area contributed by atoms with E-state index < -0.39 is 18.3 Å². The molecule has 2 aromatic rings. The molecule has 0 fully saturated rings. The van der Waals surface area contributed by atoms with Gasteiger partial charge in [-0.25, -0.2) is 4.79 Å². The number of hydrazine groups is 1. The highest BCUT2D eigenvalue weighted by molar-refractivity contribution is 5.93. The van der Waals surface area contributed by atoms with Gasteiger partial charge in [-0.1, -0.05) is 17.7 Å². The predicted octanol–water partition coefficient (Wildman–Crippen LogP) is 2.14. The Kier molecular flexibility index (Phi) is 4.89. The highest BCUT2D eigenvalue weighted by atomic mass is 19.3. The minimum absolute atomic E-state index is 0.0687. The third kappa shape index (κ3) is 3.82.